The van der Waals surface area contributed by atoms with Gasteiger partial charge in [-0.3, -0.25) is 4.79 Å². The monoisotopic (exact) mass is 472 g/mol. The Morgan fingerprint density at radius 2 is 1.50 bits per heavy atom. The first-order chi connectivity index (χ1) is 16.5. The van der Waals surface area contributed by atoms with Crippen molar-refractivity contribution in [1.82, 2.24) is 9.80 Å². The summed E-state index contributed by atoms with van der Waals surface area (Å²) in [5.41, 5.74) is 5.79. The third-order valence-electron chi connectivity index (χ3n) is 6.79. The molecule has 3 heterocycles. The van der Waals surface area contributed by atoms with Gasteiger partial charge in [-0.05, 0) is 73.6 Å². The average molecular weight is 473 g/mol. The zero-order chi connectivity index (χ0) is 23.5. The van der Waals surface area contributed by atoms with E-state index in [1.54, 1.807) is 11.3 Å². The van der Waals surface area contributed by atoms with Gasteiger partial charge < -0.3 is 20.0 Å². The molecule has 0 atom stereocenters. The summed E-state index contributed by atoms with van der Waals surface area (Å²) in [4.78, 5) is 21.0. The molecule has 2 aromatic carbocycles. The Labute approximate surface area is 206 Å². The van der Waals surface area contributed by atoms with Crippen molar-refractivity contribution in [3.05, 3.63) is 77.9 Å². The third-order valence-corrected chi connectivity index (χ3v) is 7.84. The molecule has 1 saturated heterocycles. The summed E-state index contributed by atoms with van der Waals surface area (Å²) < 4.78 is 0. The van der Waals surface area contributed by atoms with Crippen LogP contribution in [0.4, 0.5) is 10.7 Å². The van der Waals surface area contributed by atoms with E-state index in [-0.39, 0.29) is 5.91 Å². The molecule has 0 aliphatic carbocycles. The molecule has 2 aliphatic heterocycles. The highest BCUT2D eigenvalue weighted by molar-refractivity contribution is 7.19. The number of carbonyl (C=O) groups is 1. The normalized spacial score (nSPS) is 17.5. The SMILES string of the molecule is CN1CC=C(c2ccc(-c3ccc(NC(=O)c4ccc(N5CCN(C)CC5)cc4)s3)cc2)CC1. The van der Waals surface area contributed by atoms with Gasteiger partial charge in [0.15, 0.2) is 0 Å². The van der Waals surface area contributed by atoms with Gasteiger partial charge in [0.25, 0.3) is 5.91 Å². The highest BCUT2D eigenvalue weighted by atomic mass is 32.1. The predicted molar refractivity (Wildman–Crippen MR) is 144 cm³/mol. The quantitative estimate of drug-likeness (QED) is 0.558. The Bertz CT molecular complexity index is 1160. The molecular weight excluding hydrogens is 440 g/mol. The molecule has 6 heteroatoms. The van der Waals surface area contributed by atoms with Gasteiger partial charge in [0, 0.05) is 55.4 Å². The highest BCUT2D eigenvalue weighted by Crippen LogP contribution is 2.33. The number of nitrogens with one attached hydrogen (secondary N) is 1. The summed E-state index contributed by atoms with van der Waals surface area (Å²) in [6, 6.07) is 20.8. The van der Waals surface area contributed by atoms with Gasteiger partial charge in [-0.1, -0.05) is 30.3 Å². The van der Waals surface area contributed by atoms with Gasteiger partial charge in [0.05, 0.1) is 5.00 Å². The van der Waals surface area contributed by atoms with Crippen LogP contribution in [0.25, 0.3) is 16.0 Å². The summed E-state index contributed by atoms with van der Waals surface area (Å²) in [6.45, 7) is 6.32. The standard InChI is InChI=1S/C28H32N4OS/c1-30-15-13-22(14-16-30)21-3-5-23(6-4-21)26-11-12-27(34-26)29-28(33)24-7-9-25(10-8-24)32-19-17-31(2)18-20-32/h3-13H,14-20H2,1-2H3,(H,29,33). The van der Waals surface area contributed by atoms with Gasteiger partial charge in [0.1, 0.15) is 0 Å². The summed E-state index contributed by atoms with van der Waals surface area (Å²) in [7, 11) is 4.32. The number of amides is 1. The summed E-state index contributed by atoms with van der Waals surface area (Å²) in [5.74, 6) is -0.0668. The van der Waals surface area contributed by atoms with Crippen molar-refractivity contribution in [2.75, 3.05) is 63.6 Å². The molecule has 1 N–H and O–H groups in total. The number of hydrogen-bond donors (Lipinski definition) is 1. The predicted octanol–water partition coefficient (Wildman–Crippen LogP) is 5.14. The molecule has 3 aromatic rings. The number of likely N-dealkylation sites (N-methyl/N-ethyl adjacent to an activating group) is 2. The van der Waals surface area contributed by atoms with Gasteiger partial charge in [-0.25, -0.2) is 0 Å². The van der Waals surface area contributed by atoms with Crippen LogP contribution in [0.1, 0.15) is 22.3 Å². The van der Waals surface area contributed by atoms with E-state index in [1.165, 1.54) is 22.4 Å². The second-order valence-electron chi connectivity index (χ2n) is 9.27. The van der Waals surface area contributed by atoms with E-state index in [9.17, 15) is 4.79 Å². The molecule has 1 aromatic heterocycles. The fourth-order valence-electron chi connectivity index (χ4n) is 4.51. The number of anilines is 2. The molecule has 176 valence electrons. The first-order valence-corrected chi connectivity index (χ1v) is 12.8. The van der Waals surface area contributed by atoms with Gasteiger partial charge in [0.2, 0.25) is 0 Å². The van der Waals surface area contributed by atoms with Crippen molar-refractivity contribution < 1.29 is 4.79 Å². The lowest BCUT2D eigenvalue weighted by molar-refractivity contribution is 0.102. The summed E-state index contributed by atoms with van der Waals surface area (Å²) in [5, 5.41) is 3.93. The van der Waals surface area contributed by atoms with Crippen molar-refractivity contribution in [3.63, 3.8) is 0 Å². The highest BCUT2D eigenvalue weighted by Gasteiger charge is 2.15. The van der Waals surface area contributed by atoms with Crippen LogP contribution in [0.5, 0.6) is 0 Å². The van der Waals surface area contributed by atoms with E-state index in [1.807, 2.05) is 18.2 Å². The number of nitrogens with zero attached hydrogens (tertiary/aromatic N) is 3. The molecule has 0 unspecified atom stereocenters. The maximum absolute atomic E-state index is 12.8. The topological polar surface area (TPSA) is 38.8 Å². The number of thiophene rings is 1. The first-order valence-electron chi connectivity index (χ1n) is 12.0. The number of rotatable bonds is 5. The molecule has 5 rings (SSSR count). The zero-order valence-electron chi connectivity index (χ0n) is 20.0. The minimum Gasteiger partial charge on any atom is -0.369 e. The van der Waals surface area contributed by atoms with Gasteiger partial charge >= 0.3 is 0 Å². The molecule has 0 saturated carbocycles. The van der Waals surface area contributed by atoms with Crippen LogP contribution in [0, 0.1) is 0 Å². The summed E-state index contributed by atoms with van der Waals surface area (Å²) in [6.07, 6.45) is 3.43. The molecule has 0 spiro atoms. The number of hydrogen-bond acceptors (Lipinski definition) is 5. The van der Waals surface area contributed by atoms with Crippen molar-refractivity contribution in [3.8, 4) is 10.4 Å². The van der Waals surface area contributed by atoms with Crippen LogP contribution >= 0.6 is 11.3 Å². The number of benzene rings is 2. The fourth-order valence-corrected chi connectivity index (χ4v) is 5.42. The molecular formula is C28H32N4OS. The minimum atomic E-state index is -0.0668. The van der Waals surface area contributed by atoms with Crippen LogP contribution in [-0.2, 0) is 0 Å². The zero-order valence-corrected chi connectivity index (χ0v) is 20.8. The Balaban J connectivity index is 1.21. The van der Waals surface area contributed by atoms with Gasteiger partial charge in [-0.15, -0.1) is 11.3 Å². The maximum atomic E-state index is 12.8. The van der Waals surface area contributed by atoms with E-state index in [0.29, 0.717) is 5.56 Å². The smallest absolute Gasteiger partial charge is 0.256 e. The maximum Gasteiger partial charge on any atom is 0.256 e. The van der Waals surface area contributed by atoms with Crippen molar-refractivity contribution in [2.24, 2.45) is 0 Å². The largest absolute Gasteiger partial charge is 0.369 e. The van der Waals surface area contributed by atoms with E-state index in [2.05, 4.69) is 82.7 Å². The average Bonchev–Trinajstić information content (AvgIpc) is 3.34. The molecule has 1 fully saturated rings. The van der Waals surface area contributed by atoms with Crippen LogP contribution in [0.15, 0.2) is 66.7 Å². The van der Waals surface area contributed by atoms with Crippen LogP contribution in [-0.4, -0.2) is 69.1 Å². The number of piperazine rings is 1. The van der Waals surface area contributed by atoms with Crippen LogP contribution < -0.4 is 10.2 Å². The molecule has 0 radical (unpaired) electrons. The number of carbonyl (C=O) groups excluding carboxylic acids is 1. The lowest BCUT2D eigenvalue weighted by Gasteiger charge is -2.34. The molecule has 34 heavy (non-hydrogen) atoms. The van der Waals surface area contributed by atoms with E-state index >= 15 is 0 Å². The molecule has 2 aliphatic rings. The lowest BCUT2D eigenvalue weighted by atomic mass is 9.98. The van der Waals surface area contributed by atoms with Crippen LogP contribution in [0.2, 0.25) is 0 Å². The first kappa shape index (κ1) is 22.8. The van der Waals surface area contributed by atoms with Gasteiger partial charge in [-0.2, -0.15) is 0 Å². The molecule has 0 bridgehead atoms. The Morgan fingerprint density at radius 3 is 2.18 bits per heavy atom. The van der Waals surface area contributed by atoms with Crippen LogP contribution in [0.3, 0.4) is 0 Å². The fraction of sp³-hybridized carbons (Fsp3) is 0.321. The Morgan fingerprint density at radius 1 is 0.794 bits per heavy atom. The van der Waals surface area contributed by atoms with Crippen molar-refractivity contribution in [1.29, 1.82) is 0 Å². The third kappa shape index (κ3) is 5.25. The van der Waals surface area contributed by atoms with E-state index in [4.69, 9.17) is 0 Å². The Kier molecular flexibility index (Phi) is 6.81. The van der Waals surface area contributed by atoms with E-state index < -0.39 is 0 Å². The lowest BCUT2D eigenvalue weighted by Crippen LogP contribution is -2.44. The Hall–Kier alpha value is -2.93. The summed E-state index contributed by atoms with van der Waals surface area (Å²) >= 11 is 1.61. The molecule has 5 nitrogen and oxygen atoms in total. The second-order valence-corrected chi connectivity index (χ2v) is 10.4. The second kappa shape index (κ2) is 10.1. The van der Waals surface area contributed by atoms with Crippen molar-refractivity contribution in [2.45, 2.75) is 6.42 Å². The van der Waals surface area contributed by atoms with E-state index in [0.717, 1.165) is 55.6 Å². The minimum absolute atomic E-state index is 0.0668. The van der Waals surface area contributed by atoms with Crippen molar-refractivity contribution >= 4 is 33.5 Å². The molecule has 1 amide bonds.